The molecule has 8 nitrogen and oxygen atoms in total. The average Bonchev–Trinajstić information content (AvgIpc) is 2.80. The minimum absolute atomic E-state index is 0.0277. The molecule has 27 heavy (non-hydrogen) atoms. The summed E-state index contributed by atoms with van der Waals surface area (Å²) in [5.74, 6) is -0.993. The maximum Gasteiger partial charge on any atom is 0.326 e. The molecule has 0 N–H and O–H groups in total. The lowest BCUT2D eigenvalue weighted by Crippen LogP contribution is -2.41. The van der Waals surface area contributed by atoms with Gasteiger partial charge in [0.05, 0.1) is 17.1 Å². The SMILES string of the molecule is CCN(CCS(=O)(=O)c1ccc(C)cc1)C(=O)C[C@H]1C(=O)N(C)C(=O)N1C. The van der Waals surface area contributed by atoms with Crippen molar-refractivity contribution in [3.05, 3.63) is 29.8 Å². The molecule has 1 aromatic carbocycles. The summed E-state index contributed by atoms with van der Waals surface area (Å²) in [4.78, 5) is 40.3. The summed E-state index contributed by atoms with van der Waals surface area (Å²) in [6.07, 6.45) is -0.163. The summed E-state index contributed by atoms with van der Waals surface area (Å²) >= 11 is 0. The zero-order valence-electron chi connectivity index (χ0n) is 16.0. The van der Waals surface area contributed by atoms with Crippen molar-refractivity contribution in [1.82, 2.24) is 14.7 Å². The summed E-state index contributed by atoms with van der Waals surface area (Å²) in [5, 5.41) is 0. The number of sulfone groups is 1. The molecule has 0 bridgehead atoms. The molecule has 1 atom stereocenters. The standard InChI is InChI=1S/C18H25N3O5S/c1-5-21(10-11-27(25,26)14-8-6-13(2)7-9-14)16(22)12-15-17(23)20(4)18(24)19(15)3/h6-9,15H,5,10-12H2,1-4H3/t15-/m0/s1. The molecule has 0 aromatic heterocycles. The van der Waals surface area contributed by atoms with Crippen molar-refractivity contribution < 1.29 is 22.8 Å². The van der Waals surface area contributed by atoms with E-state index in [0.29, 0.717) is 6.54 Å². The zero-order chi connectivity index (χ0) is 20.4. The average molecular weight is 395 g/mol. The van der Waals surface area contributed by atoms with Crippen LogP contribution in [0.15, 0.2) is 29.2 Å². The van der Waals surface area contributed by atoms with Gasteiger partial charge in [0.25, 0.3) is 5.91 Å². The van der Waals surface area contributed by atoms with E-state index in [1.807, 2.05) is 6.92 Å². The van der Waals surface area contributed by atoms with Crippen LogP contribution in [0.2, 0.25) is 0 Å². The first-order chi connectivity index (χ1) is 12.6. The number of urea groups is 1. The number of hydrogen-bond donors (Lipinski definition) is 0. The van der Waals surface area contributed by atoms with E-state index in [1.165, 1.54) is 23.9 Å². The zero-order valence-corrected chi connectivity index (χ0v) is 16.8. The molecule has 148 valence electrons. The van der Waals surface area contributed by atoms with E-state index in [2.05, 4.69) is 0 Å². The van der Waals surface area contributed by atoms with Crippen molar-refractivity contribution >= 4 is 27.7 Å². The quantitative estimate of drug-likeness (QED) is 0.639. The molecule has 1 aromatic rings. The van der Waals surface area contributed by atoms with Gasteiger partial charge in [-0.1, -0.05) is 17.7 Å². The highest BCUT2D eigenvalue weighted by molar-refractivity contribution is 7.91. The molecule has 0 aliphatic carbocycles. The van der Waals surface area contributed by atoms with Gasteiger partial charge in [0, 0.05) is 27.2 Å². The summed E-state index contributed by atoms with van der Waals surface area (Å²) in [5.41, 5.74) is 0.962. The van der Waals surface area contributed by atoms with Crippen molar-refractivity contribution in [2.45, 2.75) is 31.2 Å². The van der Waals surface area contributed by atoms with E-state index in [4.69, 9.17) is 0 Å². The Hall–Kier alpha value is -2.42. The molecule has 1 aliphatic heterocycles. The van der Waals surface area contributed by atoms with Crippen molar-refractivity contribution in [3.63, 3.8) is 0 Å². The highest BCUT2D eigenvalue weighted by Gasteiger charge is 2.42. The summed E-state index contributed by atoms with van der Waals surface area (Å²) < 4.78 is 24.9. The number of amides is 4. The number of rotatable bonds is 7. The molecular weight excluding hydrogens is 370 g/mol. The Kier molecular flexibility index (Phi) is 6.25. The number of benzene rings is 1. The lowest BCUT2D eigenvalue weighted by atomic mass is 10.1. The molecule has 2 rings (SSSR count). The predicted octanol–water partition coefficient (Wildman–Crippen LogP) is 0.900. The summed E-state index contributed by atoms with van der Waals surface area (Å²) in [7, 11) is -0.671. The first-order valence-corrected chi connectivity index (χ1v) is 10.3. The molecule has 1 heterocycles. The molecule has 0 saturated carbocycles. The Morgan fingerprint density at radius 2 is 1.74 bits per heavy atom. The predicted molar refractivity (Wildman–Crippen MR) is 99.8 cm³/mol. The van der Waals surface area contributed by atoms with E-state index in [0.717, 1.165) is 10.5 Å². The van der Waals surface area contributed by atoms with Crippen LogP contribution in [-0.2, 0) is 19.4 Å². The van der Waals surface area contributed by atoms with Gasteiger partial charge in [-0.25, -0.2) is 13.2 Å². The second-order valence-corrected chi connectivity index (χ2v) is 8.73. The van der Waals surface area contributed by atoms with Gasteiger partial charge in [-0.3, -0.25) is 14.5 Å². The number of imide groups is 1. The van der Waals surface area contributed by atoms with Crippen molar-refractivity contribution in [2.75, 3.05) is 32.9 Å². The lowest BCUT2D eigenvalue weighted by Gasteiger charge is -2.23. The molecule has 1 aliphatic rings. The lowest BCUT2D eigenvalue weighted by molar-refractivity contribution is -0.136. The minimum Gasteiger partial charge on any atom is -0.342 e. The highest BCUT2D eigenvalue weighted by Crippen LogP contribution is 2.18. The molecular formula is C18H25N3O5S. The molecule has 0 radical (unpaired) electrons. The van der Waals surface area contributed by atoms with Crippen LogP contribution < -0.4 is 0 Å². The maximum absolute atomic E-state index is 12.6. The van der Waals surface area contributed by atoms with Gasteiger partial charge >= 0.3 is 6.03 Å². The van der Waals surface area contributed by atoms with Crippen molar-refractivity contribution in [3.8, 4) is 0 Å². The second kappa shape index (κ2) is 8.08. The van der Waals surface area contributed by atoms with E-state index in [1.54, 1.807) is 31.2 Å². The minimum atomic E-state index is -3.52. The van der Waals surface area contributed by atoms with Gasteiger partial charge in [0.15, 0.2) is 9.84 Å². The van der Waals surface area contributed by atoms with Gasteiger partial charge in [-0.2, -0.15) is 0 Å². The van der Waals surface area contributed by atoms with Gasteiger partial charge in [0.1, 0.15) is 6.04 Å². The first-order valence-electron chi connectivity index (χ1n) is 8.70. The molecule has 4 amide bonds. The number of aryl methyl sites for hydroxylation is 1. The normalized spacial score (nSPS) is 17.6. The highest BCUT2D eigenvalue weighted by atomic mass is 32.2. The number of carbonyl (C=O) groups is 3. The third kappa shape index (κ3) is 4.47. The Bertz CT molecular complexity index is 835. The Morgan fingerprint density at radius 3 is 2.22 bits per heavy atom. The van der Waals surface area contributed by atoms with Crippen LogP contribution in [-0.4, -0.2) is 79.9 Å². The summed E-state index contributed by atoms with van der Waals surface area (Å²) in [6.45, 7) is 3.96. The fourth-order valence-electron chi connectivity index (χ4n) is 2.93. The van der Waals surface area contributed by atoms with Gasteiger partial charge < -0.3 is 9.80 Å². The van der Waals surface area contributed by atoms with Gasteiger partial charge in [0.2, 0.25) is 5.91 Å². The summed E-state index contributed by atoms with van der Waals surface area (Å²) in [6, 6.07) is 5.25. The third-order valence-electron chi connectivity index (χ3n) is 4.78. The topological polar surface area (TPSA) is 95.1 Å². The first kappa shape index (κ1) is 20.9. The number of hydrogen-bond acceptors (Lipinski definition) is 5. The maximum atomic E-state index is 12.6. The van der Waals surface area contributed by atoms with Gasteiger partial charge in [-0.05, 0) is 26.0 Å². The molecule has 1 saturated heterocycles. The van der Waals surface area contributed by atoms with Crippen LogP contribution in [0.4, 0.5) is 4.79 Å². The Labute approximate surface area is 159 Å². The fraction of sp³-hybridized carbons (Fsp3) is 0.500. The molecule has 9 heteroatoms. The Balaban J connectivity index is 2.02. The van der Waals surface area contributed by atoms with Crippen LogP contribution in [0, 0.1) is 6.92 Å². The number of likely N-dealkylation sites (N-methyl/N-ethyl adjacent to an activating group) is 2. The smallest absolute Gasteiger partial charge is 0.326 e. The van der Waals surface area contributed by atoms with Crippen molar-refractivity contribution in [1.29, 1.82) is 0 Å². The van der Waals surface area contributed by atoms with E-state index in [9.17, 15) is 22.8 Å². The fourth-order valence-corrected chi connectivity index (χ4v) is 4.17. The van der Waals surface area contributed by atoms with Crippen molar-refractivity contribution in [2.24, 2.45) is 0 Å². The second-order valence-electron chi connectivity index (χ2n) is 6.62. The van der Waals surface area contributed by atoms with E-state index >= 15 is 0 Å². The Morgan fingerprint density at radius 1 is 1.15 bits per heavy atom. The largest absolute Gasteiger partial charge is 0.342 e. The molecule has 0 spiro atoms. The van der Waals surface area contributed by atoms with Crippen LogP contribution >= 0.6 is 0 Å². The van der Waals surface area contributed by atoms with Crippen LogP contribution in [0.5, 0.6) is 0 Å². The number of carbonyl (C=O) groups excluding carboxylic acids is 3. The monoisotopic (exact) mass is 395 g/mol. The van der Waals surface area contributed by atoms with Gasteiger partial charge in [-0.15, -0.1) is 0 Å². The van der Waals surface area contributed by atoms with E-state index in [-0.39, 0.29) is 29.5 Å². The molecule has 1 fully saturated rings. The van der Waals surface area contributed by atoms with E-state index < -0.39 is 27.8 Å². The van der Waals surface area contributed by atoms with Crippen LogP contribution in [0.3, 0.4) is 0 Å². The third-order valence-corrected chi connectivity index (χ3v) is 6.49. The van der Waals surface area contributed by atoms with Crippen LogP contribution in [0.1, 0.15) is 18.9 Å². The number of nitrogens with zero attached hydrogens (tertiary/aromatic N) is 3. The van der Waals surface area contributed by atoms with Crippen LogP contribution in [0.25, 0.3) is 0 Å². The molecule has 0 unspecified atom stereocenters.